The maximum atomic E-state index is 12.6. The normalized spacial score (nSPS) is 20.7. The molecule has 0 spiro atoms. The van der Waals surface area contributed by atoms with Gasteiger partial charge in [-0.1, -0.05) is 38.3 Å². The van der Waals surface area contributed by atoms with E-state index in [1.807, 2.05) is 25.1 Å². The van der Waals surface area contributed by atoms with E-state index in [-0.39, 0.29) is 22.8 Å². The molecule has 5 nitrogen and oxygen atoms in total. The Bertz CT molecular complexity index is 707. The highest BCUT2D eigenvalue weighted by atomic mass is 32.2. The summed E-state index contributed by atoms with van der Waals surface area (Å²) in [5.74, 6) is 0.397. The van der Waals surface area contributed by atoms with E-state index in [0.717, 1.165) is 50.8 Å². The molecule has 1 heterocycles. The van der Waals surface area contributed by atoms with Crippen LogP contribution in [0, 0.1) is 11.8 Å². The minimum atomic E-state index is -3.13. The predicted molar refractivity (Wildman–Crippen MR) is 100 cm³/mol. The largest absolute Gasteiger partial charge is 0.326 e. The topological polar surface area (TPSA) is 75.3 Å². The Morgan fingerprint density at radius 1 is 1.24 bits per heavy atom. The third kappa shape index (κ3) is 4.61. The lowest BCUT2D eigenvalue weighted by atomic mass is 9.88. The quantitative estimate of drug-likeness (QED) is 0.814. The van der Waals surface area contributed by atoms with Crippen LogP contribution in [0.5, 0.6) is 0 Å². The molecule has 1 aliphatic heterocycles. The second kappa shape index (κ2) is 7.87. The van der Waals surface area contributed by atoms with Crippen LogP contribution in [0.15, 0.2) is 24.3 Å². The zero-order chi connectivity index (χ0) is 17.9. The maximum absolute atomic E-state index is 12.6. The highest BCUT2D eigenvalue weighted by Gasteiger charge is 2.29. The Kier molecular flexibility index (Phi) is 5.79. The standard InChI is InChI=1S/C19H28N2O3S/c1-14(16-11-20-12-16)19(22)21-17-7-5-6-15(10-17)13-25(23,24)18-8-3-2-4-9-18/h5-7,10,14,16,18,20H,2-4,8-9,11-13H2,1H3,(H,21,22). The first-order valence-electron chi connectivity index (χ1n) is 9.28. The van der Waals surface area contributed by atoms with E-state index in [9.17, 15) is 13.2 Å². The van der Waals surface area contributed by atoms with Crippen molar-refractivity contribution < 1.29 is 13.2 Å². The first-order valence-corrected chi connectivity index (χ1v) is 11.0. The second-order valence-corrected chi connectivity index (χ2v) is 9.74. The highest BCUT2D eigenvalue weighted by Crippen LogP contribution is 2.27. The molecular weight excluding hydrogens is 336 g/mol. The van der Waals surface area contributed by atoms with Crippen LogP contribution in [0.1, 0.15) is 44.6 Å². The van der Waals surface area contributed by atoms with Gasteiger partial charge in [0.25, 0.3) is 0 Å². The zero-order valence-electron chi connectivity index (χ0n) is 14.8. The van der Waals surface area contributed by atoms with Gasteiger partial charge in [0.05, 0.1) is 11.0 Å². The van der Waals surface area contributed by atoms with Crippen LogP contribution in [0.4, 0.5) is 5.69 Å². The third-order valence-electron chi connectivity index (χ3n) is 5.56. The number of sulfone groups is 1. The van der Waals surface area contributed by atoms with Crippen LogP contribution in [0.3, 0.4) is 0 Å². The number of amides is 1. The van der Waals surface area contributed by atoms with Gasteiger partial charge in [-0.2, -0.15) is 0 Å². The number of benzene rings is 1. The molecule has 2 aliphatic rings. The summed E-state index contributed by atoms with van der Waals surface area (Å²) >= 11 is 0. The van der Waals surface area contributed by atoms with Gasteiger partial charge in [0.2, 0.25) is 5.91 Å². The summed E-state index contributed by atoms with van der Waals surface area (Å²) in [4.78, 5) is 12.3. The van der Waals surface area contributed by atoms with Crippen molar-refractivity contribution in [2.45, 2.75) is 50.0 Å². The Hall–Kier alpha value is -1.40. The molecule has 0 aromatic heterocycles. The van der Waals surface area contributed by atoms with Crippen molar-refractivity contribution >= 4 is 21.4 Å². The van der Waals surface area contributed by atoms with Gasteiger partial charge in [0.1, 0.15) is 0 Å². The summed E-state index contributed by atoms with van der Waals surface area (Å²) in [6, 6.07) is 7.26. The molecule has 2 N–H and O–H groups in total. The van der Waals surface area contributed by atoms with Crippen LogP contribution in [-0.2, 0) is 20.4 Å². The fraction of sp³-hybridized carbons (Fsp3) is 0.632. The molecular formula is C19H28N2O3S. The Morgan fingerprint density at radius 2 is 1.96 bits per heavy atom. The van der Waals surface area contributed by atoms with Gasteiger partial charge >= 0.3 is 0 Å². The monoisotopic (exact) mass is 364 g/mol. The maximum Gasteiger partial charge on any atom is 0.227 e. The summed E-state index contributed by atoms with van der Waals surface area (Å²) in [6.07, 6.45) is 4.72. The van der Waals surface area contributed by atoms with Crippen molar-refractivity contribution in [2.24, 2.45) is 11.8 Å². The number of hydrogen-bond acceptors (Lipinski definition) is 4. The Labute approximate surface area is 150 Å². The van der Waals surface area contributed by atoms with E-state index in [2.05, 4.69) is 10.6 Å². The molecule has 2 fully saturated rings. The van der Waals surface area contributed by atoms with Gasteiger partial charge in [-0.25, -0.2) is 8.42 Å². The molecule has 3 rings (SSSR count). The molecule has 0 bridgehead atoms. The molecule has 1 aliphatic carbocycles. The lowest BCUT2D eigenvalue weighted by Crippen LogP contribution is -2.48. The number of nitrogens with one attached hydrogen (secondary N) is 2. The Morgan fingerprint density at radius 3 is 2.60 bits per heavy atom. The first kappa shape index (κ1) is 18.4. The average molecular weight is 365 g/mol. The van der Waals surface area contributed by atoms with Crippen molar-refractivity contribution in [3.8, 4) is 0 Å². The van der Waals surface area contributed by atoms with E-state index in [0.29, 0.717) is 11.6 Å². The molecule has 25 heavy (non-hydrogen) atoms. The fourth-order valence-corrected chi connectivity index (χ4v) is 5.58. The van der Waals surface area contributed by atoms with Crippen LogP contribution in [0.2, 0.25) is 0 Å². The smallest absolute Gasteiger partial charge is 0.227 e. The lowest BCUT2D eigenvalue weighted by molar-refractivity contribution is -0.121. The highest BCUT2D eigenvalue weighted by molar-refractivity contribution is 7.91. The average Bonchev–Trinajstić information content (AvgIpc) is 2.54. The number of carbonyl (C=O) groups excluding carboxylic acids is 1. The summed E-state index contributed by atoms with van der Waals surface area (Å²) in [5.41, 5.74) is 1.43. The molecule has 1 saturated carbocycles. The fourth-order valence-electron chi connectivity index (χ4n) is 3.65. The number of carbonyl (C=O) groups is 1. The second-order valence-electron chi connectivity index (χ2n) is 7.46. The first-order chi connectivity index (χ1) is 12.0. The molecule has 6 heteroatoms. The molecule has 1 amide bonds. The minimum absolute atomic E-state index is 0.00112. The van der Waals surface area contributed by atoms with Crippen molar-refractivity contribution in [3.05, 3.63) is 29.8 Å². The van der Waals surface area contributed by atoms with Gasteiger partial charge in [0, 0.05) is 11.6 Å². The van der Waals surface area contributed by atoms with Crippen LogP contribution < -0.4 is 10.6 Å². The van der Waals surface area contributed by atoms with Crippen molar-refractivity contribution in [3.63, 3.8) is 0 Å². The zero-order valence-corrected chi connectivity index (χ0v) is 15.6. The van der Waals surface area contributed by atoms with Gasteiger partial charge in [-0.3, -0.25) is 4.79 Å². The van der Waals surface area contributed by atoms with Crippen LogP contribution in [-0.4, -0.2) is 32.7 Å². The molecule has 1 saturated heterocycles. The van der Waals surface area contributed by atoms with Gasteiger partial charge in [0.15, 0.2) is 9.84 Å². The van der Waals surface area contributed by atoms with E-state index < -0.39 is 9.84 Å². The van der Waals surface area contributed by atoms with Crippen molar-refractivity contribution in [1.82, 2.24) is 5.32 Å². The molecule has 1 aromatic carbocycles. The molecule has 1 unspecified atom stereocenters. The van der Waals surface area contributed by atoms with E-state index in [4.69, 9.17) is 0 Å². The molecule has 138 valence electrons. The molecule has 0 radical (unpaired) electrons. The van der Waals surface area contributed by atoms with E-state index in [1.54, 1.807) is 6.07 Å². The van der Waals surface area contributed by atoms with Crippen LogP contribution >= 0.6 is 0 Å². The summed E-state index contributed by atoms with van der Waals surface area (Å²) in [6.45, 7) is 3.71. The van der Waals surface area contributed by atoms with Gasteiger partial charge < -0.3 is 10.6 Å². The lowest BCUT2D eigenvalue weighted by Gasteiger charge is -2.31. The molecule has 1 atom stereocenters. The van der Waals surface area contributed by atoms with Gasteiger partial charge in [-0.05, 0) is 49.5 Å². The van der Waals surface area contributed by atoms with Crippen molar-refractivity contribution in [2.75, 3.05) is 18.4 Å². The van der Waals surface area contributed by atoms with E-state index >= 15 is 0 Å². The van der Waals surface area contributed by atoms with E-state index in [1.165, 1.54) is 0 Å². The van der Waals surface area contributed by atoms with Crippen LogP contribution in [0.25, 0.3) is 0 Å². The Balaban J connectivity index is 1.63. The third-order valence-corrected chi connectivity index (χ3v) is 7.78. The van der Waals surface area contributed by atoms with Gasteiger partial charge in [-0.15, -0.1) is 0 Å². The summed E-state index contributed by atoms with van der Waals surface area (Å²) in [7, 11) is -3.13. The number of anilines is 1. The minimum Gasteiger partial charge on any atom is -0.326 e. The predicted octanol–water partition coefficient (Wildman–Crippen LogP) is 2.73. The summed E-state index contributed by atoms with van der Waals surface area (Å²) in [5, 5.41) is 5.91. The van der Waals surface area contributed by atoms with Crippen molar-refractivity contribution in [1.29, 1.82) is 0 Å². The molecule has 1 aromatic rings. The number of hydrogen-bond donors (Lipinski definition) is 2. The SMILES string of the molecule is CC(C(=O)Nc1cccc(CS(=O)(=O)C2CCCCC2)c1)C1CNC1. The number of rotatable bonds is 6. The summed E-state index contributed by atoms with van der Waals surface area (Å²) < 4.78 is 25.3.